The number of piperazine rings is 1. The van der Waals surface area contributed by atoms with Crippen LogP contribution in [0.5, 0.6) is 0 Å². The second-order valence-corrected chi connectivity index (χ2v) is 4.73. The molecule has 1 aliphatic heterocycles. The van der Waals surface area contributed by atoms with E-state index in [2.05, 4.69) is 15.0 Å². The number of hydrogen-bond acceptors (Lipinski definition) is 5. The third-order valence-corrected chi connectivity index (χ3v) is 2.97. The molecule has 1 aromatic rings. The van der Waals surface area contributed by atoms with Crippen molar-refractivity contribution in [1.29, 1.82) is 0 Å². The van der Waals surface area contributed by atoms with E-state index in [-0.39, 0.29) is 29.6 Å². The maximum atomic E-state index is 12.2. The van der Waals surface area contributed by atoms with Crippen molar-refractivity contribution in [2.24, 2.45) is 0 Å². The zero-order valence-corrected chi connectivity index (χ0v) is 11.2. The predicted molar refractivity (Wildman–Crippen MR) is 64.6 cm³/mol. The van der Waals surface area contributed by atoms with Gasteiger partial charge in [-0.15, -0.1) is 0 Å². The molecule has 19 heavy (non-hydrogen) atoms. The number of nitrogens with zero attached hydrogens (tertiary/aromatic N) is 5. The SMILES string of the molecule is FC(F)(F)CN1CCN(c2nc(Cl)nc(Cl)n2)CC1. The summed E-state index contributed by atoms with van der Waals surface area (Å²) in [7, 11) is 0. The average molecular weight is 316 g/mol. The zero-order valence-electron chi connectivity index (χ0n) is 9.66. The van der Waals surface area contributed by atoms with Crippen LogP contribution in [0, 0.1) is 0 Å². The molecular weight excluding hydrogens is 306 g/mol. The number of rotatable bonds is 2. The minimum atomic E-state index is -4.18. The molecule has 0 aromatic carbocycles. The Balaban J connectivity index is 1.96. The molecule has 0 radical (unpaired) electrons. The maximum Gasteiger partial charge on any atom is 0.401 e. The first-order valence-electron chi connectivity index (χ1n) is 5.44. The number of hydrogen-bond donors (Lipinski definition) is 0. The average Bonchev–Trinajstić information content (AvgIpc) is 2.26. The molecule has 1 saturated heterocycles. The fourth-order valence-corrected chi connectivity index (χ4v) is 2.17. The third kappa shape index (κ3) is 4.32. The van der Waals surface area contributed by atoms with Crippen LogP contribution >= 0.6 is 23.2 Å². The first kappa shape index (κ1) is 14.5. The zero-order chi connectivity index (χ0) is 14.0. The van der Waals surface area contributed by atoms with Gasteiger partial charge in [-0.3, -0.25) is 4.90 Å². The summed E-state index contributed by atoms with van der Waals surface area (Å²) >= 11 is 11.3. The third-order valence-electron chi connectivity index (χ3n) is 2.63. The van der Waals surface area contributed by atoms with Gasteiger partial charge >= 0.3 is 6.18 Å². The highest BCUT2D eigenvalue weighted by molar-refractivity contribution is 6.31. The van der Waals surface area contributed by atoms with E-state index in [0.29, 0.717) is 13.1 Å². The van der Waals surface area contributed by atoms with Crippen LogP contribution in [-0.2, 0) is 0 Å². The molecule has 106 valence electrons. The lowest BCUT2D eigenvalue weighted by Crippen LogP contribution is -2.49. The van der Waals surface area contributed by atoms with Crippen LogP contribution in [0.4, 0.5) is 19.1 Å². The van der Waals surface area contributed by atoms with Gasteiger partial charge in [0.1, 0.15) is 0 Å². The van der Waals surface area contributed by atoms with Gasteiger partial charge in [-0.05, 0) is 23.2 Å². The Morgan fingerprint density at radius 3 is 1.95 bits per heavy atom. The number of alkyl halides is 3. The van der Waals surface area contributed by atoms with E-state index >= 15 is 0 Å². The Bertz CT molecular complexity index is 428. The molecule has 10 heteroatoms. The Morgan fingerprint density at radius 1 is 0.947 bits per heavy atom. The molecule has 0 atom stereocenters. The molecule has 2 heterocycles. The lowest BCUT2D eigenvalue weighted by atomic mass is 10.3. The van der Waals surface area contributed by atoms with E-state index < -0.39 is 12.7 Å². The first-order valence-corrected chi connectivity index (χ1v) is 6.20. The van der Waals surface area contributed by atoms with Gasteiger partial charge in [0.25, 0.3) is 0 Å². The van der Waals surface area contributed by atoms with Crippen LogP contribution in [0.3, 0.4) is 0 Å². The van der Waals surface area contributed by atoms with Crippen molar-refractivity contribution in [3.05, 3.63) is 10.6 Å². The lowest BCUT2D eigenvalue weighted by Gasteiger charge is -2.34. The van der Waals surface area contributed by atoms with E-state index in [1.165, 1.54) is 4.90 Å². The lowest BCUT2D eigenvalue weighted by molar-refractivity contribution is -0.146. The summed E-state index contributed by atoms with van der Waals surface area (Å²) in [4.78, 5) is 14.5. The highest BCUT2D eigenvalue weighted by Gasteiger charge is 2.32. The summed E-state index contributed by atoms with van der Waals surface area (Å²) in [5.41, 5.74) is 0. The van der Waals surface area contributed by atoms with Crippen LogP contribution < -0.4 is 4.90 Å². The first-order chi connectivity index (χ1) is 8.83. The molecule has 0 bridgehead atoms. The van der Waals surface area contributed by atoms with Gasteiger partial charge in [0.15, 0.2) is 0 Å². The van der Waals surface area contributed by atoms with Gasteiger partial charge in [0, 0.05) is 26.2 Å². The van der Waals surface area contributed by atoms with Crippen molar-refractivity contribution in [2.75, 3.05) is 37.6 Å². The van der Waals surface area contributed by atoms with Crippen molar-refractivity contribution < 1.29 is 13.2 Å². The molecule has 2 rings (SSSR count). The highest BCUT2D eigenvalue weighted by atomic mass is 35.5. The van der Waals surface area contributed by atoms with E-state index in [1.807, 2.05) is 0 Å². The molecule has 1 fully saturated rings. The maximum absolute atomic E-state index is 12.2. The Hall–Kier alpha value is -0.860. The van der Waals surface area contributed by atoms with E-state index in [1.54, 1.807) is 4.90 Å². The summed E-state index contributed by atoms with van der Waals surface area (Å²) < 4.78 is 36.7. The highest BCUT2D eigenvalue weighted by Crippen LogP contribution is 2.19. The van der Waals surface area contributed by atoms with E-state index in [0.717, 1.165) is 0 Å². The molecule has 1 aromatic heterocycles. The largest absolute Gasteiger partial charge is 0.401 e. The van der Waals surface area contributed by atoms with Gasteiger partial charge in [0.2, 0.25) is 16.5 Å². The fraction of sp³-hybridized carbons (Fsp3) is 0.667. The second-order valence-electron chi connectivity index (χ2n) is 4.05. The Kier molecular flexibility index (Phi) is 4.32. The Labute approximate surface area is 117 Å². The molecule has 0 amide bonds. The summed E-state index contributed by atoms with van der Waals surface area (Å²) in [6.45, 7) is 0.417. The molecule has 0 N–H and O–H groups in total. The monoisotopic (exact) mass is 315 g/mol. The summed E-state index contributed by atoms with van der Waals surface area (Å²) in [6.07, 6.45) is -4.18. The number of halogens is 5. The molecular formula is C9H10Cl2F3N5. The summed E-state index contributed by atoms with van der Waals surface area (Å²) in [5, 5.41) is -0.0690. The molecule has 0 saturated carbocycles. The smallest absolute Gasteiger partial charge is 0.338 e. The normalized spacial score (nSPS) is 17.8. The topological polar surface area (TPSA) is 45.2 Å². The number of aromatic nitrogens is 3. The van der Waals surface area contributed by atoms with E-state index in [4.69, 9.17) is 23.2 Å². The minimum absolute atomic E-state index is 0.0345. The predicted octanol–water partition coefficient (Wildman–Crippen LogP) is 1.86. The second kappa shape index (κ2) is 5.64. The molecule has 5 nitrogen and oxygen atoms in total. The summed E-state index contributed by atoms with van der Waals surface area (Å²) in [5.74, 6) is 0.289. The summed E-state index contributed by atoms with van der Waals surface area (Å²) in [6, 6.07) is 0. The minimum Gasteiger partial charge on any atom is -0.338 e. The van der Waals surface area contributed by atoms with Crippen molar-refractivity contribution in [2.45, 2.75) is 6.18 Å². The quantitative estimate of drug-likeness (QED) is 0.833. The number of anilines is 1. The van der Waals surface area contributed by atoms with Gasteiger partial charge in [-0.1, -0.05) is 0 Å². The van der Waals surface area contributed by atoms with E-state index in [9.17, 15) is 13.2 Å². The van der Waals surface area contributed by atoms with Crippen molar-refractivity contribution in [1.82, 2.24) is 19.9 Å². The van der Waals surface area contributed by atoms with Gasteiger partial charge < -0.3 is 4.90 Å². The van der Waals surface area contributed by atoms with Crippen LogP contribution in [0.2, 0.25) is 10.6 Å². The van der Waals surface area contributed by atoms with Gasteiger partial charge in [-0.25, -0.2) is 0 Å². The van der Waals surface area contributed by atoms with Crippen molar-refractivity contribution >= 4 is 29.2 Å². The van der Waals surface area contributed by atoms with Crippen molar-refractivity contribution in [3.63, 3.8) is 0 Å². The van der Waals surface area contributed by atoms with Gasteiger partial charge in [0.05, 0.1) is 6.54 Å². The van der Waals surface area contributed by atoms with Crippen LogP contribution in [-0.4, -0.2) is 58.8 Å². The van der Waals surface area contributed by atoms with Crippen LogP contribution in [0.25, 0.3) is 0 Å². The Morgan fingerprint density at radius 2 is 1.47 bits per heavy atom. The fourth-order valence-electron chi connectivity index (χ4n) is 1.82. The van der Waals surface area contributed by atoms with Crippen molar-refractivity contribution in [3.8, 4) is 0 Å². The molecule has 0 aliphatic carbocycles. The van der Waals surface area contributed by atoms with Crippen LogP contribution in [0.1, 0.15) is 0 Å². The molecule has 0 spiro atoms. The van der Waals surface area contributed by atoms with Gasteiger partial charge in [-0.2, -0.15) is 28.1 Å². The standard InChI is InChI=1S/C9H10Cl2F3N5/c10-6-15-7(11)17-8(16-6)19-3-1-18(2-4-19)5-9(12,13)14/h1-5H2. The molecule has 0 unspecified atom stereocenters. The molecule has 1 aliphatic rings. The van der Waals surface area contributed by atoms with Crippen LogP contribution in [0.15, 0.2) is 0 Å².